The molecular weight excluding hydrogens is 408 g/mol. The van der Waals surface area contributed by atoms with Crippen LogP contribution in [0.25, 0.3) is 0 Å². The van der Waals surface area contributed by atoms with Crippen LogP contribution >= 0.6 is 23.8 Å². The summed E-state index contributed by atoms with van der Waals surface area (Å²) in [7, 11) is 0. The topological polar surface area (TPSA) is 59.6 Å². The van der Waals surface area contributed by atoms with Gasteiger partial charge in [0.2, 0.25) is 0 Å². The number of ether oxygens (including phenoxy) is 2. The van der Waals surface area contributed by atoms with Gasteiger partial charge in [-0.3, -0.25) is 10.1 Å². The molecule has 0 bridgehead atoms. The van der Waals surface area contributed by atoms with Crippen molar-refractivity contribution in [3.8, 4) is 11.5 Å². The van der Waals surface area contributed by atoms with Crippen LogP contribution in [0.4, 0.5) is 5.69 Å². The van der Waals surface area contributed by atoms with Crippen molar-refractivity contribution in [2.45, 2.75) is 0 Å². The molecule has 0 spiro atoms. The Morgan fingerprint density at radius 1 is 0.862 bits per heavy atom. The van der Waals surface area contributed by atoms with E-state index in [1.807, 2.05) is 30.3 Å². The second-order valence-corrected chi connectivity index (χ2v) is 6.80. The summed E-state index contributed by atoms with van der Waals surface area (Å²) in [5.41, 5.74) is 1.16. The van der Waals surface area contributed by atoms with Gasteiger partial charge in [0.05, 0.1) is 0 Å². The number of nitrogens with one attached hydrogen (secondary N) is 2. The molecule has 0 saturated carbocycles. The first-order valence-corrected chi connectivity index (χ1v) is 9.67. The number of para-hydroxylation sites is 1. The average Bonchev–Trinajstić information content (AvgIpc) is 2.72. The summed E-state index contributed by atoms with van der Waals surface area (Å²) in [5.74, 6) is 1.13. The van der Waals surface area contributed by atoms with Crippen molar-refractivity contribution in [1.82, 2.24) is 5.32 Å². The summed E-state index contributed by atoms with van der Waals surface area (Å²) in [6.45, 7) is 0.823. The van der Waals surface area contributed by atoms with Gasteiger partial charge >= 0.3 is 0 Å². The Bertz CT molecular complexity index is 965. The fraction of sp³-hybridized carbons (Fsp3) is 0.0909. The number of halogens is 1. The molecule has 0 aromatic heterocycles. The molecule has 0 heterocycles. The van der Waals surface area contributed by atoms with Gasteiger partial charge in [0.1, 0.15) is 24.7 Å². The van der Waals surface area contributed by atoms with Crippen molar-refractivity contribution in [3.63, 3.8) is 0 Å². The lowest BCUT2D eigenvalue weighted by Gasteiger charge is -2.11. The van der Waals surface area contributed by atoms with Gasteiger partial charge in [0.25, 0.3) is 5.91 Å². The average molecular weight is 427 g/mol. The number of rotatable bonds is 7. The van der Waals surface area contributed by atoms with Crippen LogP contribution in [0.15, 0.2) is 78.9 Å². The van der Waals surface area contributed by atoms with E-state index in [0.717, 1.165) is 5.75 Å². The monoisotopic (exact) mass is 426 g/mol. The molecule has 0 unspecified atom stereocenters. The number of benzene rings is 3. The molecule has 0 aliphatic rings. The third-order valence-electron chi connectivity index (χ3n) is 3.79. The smallest absolute Gasteiger partial charge is 0.257 e. The molecule has 148 valence electrons. The minimum absolute atomic E-state index is 0.190. The van der Waals surface area contributed by atoms with E-state index in [4.69, 9.17) is 33.3 Å². The third-order valence-corrected chi connectivity index (χ3v) is 4.23. The number of carbonyl (C=O) groups is 1. The predicted molar refractivity (Wildman–Crippen MR) is 119 cm³/mol. The van der Waals surface area contributed by atoms with Crippen LogP contribution in [0.5, 0.6) is 11.5 Å². The van der Waals surface area contributed by atoms with Crippen molar-refractivity contribution in [2.75, 3.05) is 18.5 Å². The molecule has 0 fully saturated rings. The Labute approximate surface area is 179 Å². The molecule has 0 aliphatic heterocycles. The lowest BCUT2D eigenvalue weighted by atomic mass is 10.2. The minimum atomic E-state index is -0.316. The Morgan fingerprint density at radius 3 is 2.17 bits per heavy atom. The molecule has 3 rings (SSSR count). The number of carbonyl (C=O) groups excluding carboxylic acids is 1. The van der Waals surface area contributed by atoms with Crippen LogP contribution in [0.2, 0.25) is 5.02 Å². The minimum Gasteiger partial charge on any atom is -0.490 e. The van der Waals surface area contributed by atoms with E-state index in [0.29, 0.717) is 35.2 Å². The molecule has 0 saturated heterocycles. The Balaban J connectivity index is 1.43. The van der Waals surface area contributed by atoms with Crippen LogP contribution < -0.4 is 20.1 Å². The second kappa shape index (κ2) is 10.5. The highest BCUT2D eigenvalue weighted by molar-refractivity contribution is 7.80. The van der Waals surface area contributed by atoms with E-state index < -0.39 is 0 Å². The zero-order chi connectivity index (χ0) is 20.5. The summed E-state index contributed by atoms with van der Waals surface area (Å²) in [5, 5.41) is 6.32. The molecule has 0 radical (unpaired) electrons. The zero-order valence-corrected chi connectivity index (χ0v) is 17.0. The van der Waals surface area contributed by atoms with Crippen molar-refractivity contribution in [1.29, 1.82) is 0 Å². The lowest BCUT2D eigenvalue weighted by molar-refractivity contribution is 0.0977. The Morgan fingerprint density at radius 2 is 1.52 bits per heavy atom. The fourth-order valence-corrected chi connectivity index (χ4v) is 2.84. The van der Waals surface area contributed by atoms with Gasteiger partial charge in [-0.15, -0.1) is 0 Å². The van der Waals surface area contributed by atoms with Crippen LogP contribution in [0.1, 0.15) is 10.4 Å². The van der Waals surface area contributed by atoms with Crippen LogP contribution in [0.3, 0.4) is 0 Å². The molecular formula is C22H19ClN2O3S. The summed E-state index contributed by atoms with van der Waals surface area (Å²) in [6.07, 6.45) is 0. The molecule has 7 heteroatoms. The van der Waals surface area contributed by atoms with Crippen molar-refractivity contribution in [3.05, 3.63) is 89.4 Å². The molecule has 5 nitrogen and oxygen atoms in total. The summed E-state index contributed by atoms with van der Waals surface area (Å²) < 4.78 is 11.2. The van der Waals surface area contributed by atoms with Gasteiger partial charge in [0, 0.05) is 16.3 Å². The first-order valence-electron chi connectivity index (χ1n) is 8.89. The standard InChI is InChI=1S/C22H19ClN2O3S/c23-17-5-4-6-18(15-17)24-22(29)25-21(26)16-9-11-20(12-10-16)28-14-13-27-19-7-2-1-3-8-19/h1-12,15H,13-14H2,(H2,24,25,26,29). The maximum absolute atomic E-state index is 12.3. The Kier molecular flexibility index (Phi) is 7.44. The highest BCUT2D eigenvalue weighted by Gasteiger charge is 2.08. The molecule has 2 N–H and O–H groups in total. The van der Waals surface area contributed by atoms with E-state index in [1.54, 1.807) is 48.5 Å². The van der Waals surface area contributed by atoms with Crippen molar-refractivity contribution in [2.24, 2.45) is 0 Å². The van der Waals surface area contributed by atoms with Crippen LogP contribution in [-0.2, 0) is 0 Å². The van der Waals surface area contributed by atoms with Gasteiger partial charge in [-0.1, -0.05) is 35.9 Å². The molecule has 3 aromatic carbocycles. The van der Waals surface area contributed by atoms with Gasteiger partial charge in [0.15, 0.2) is 5.11 Å². The van der Waals surface area contributed by atoms with Gasteiger partial charge < -0.3 is 14.8 Å². The molecule has 0 aliphatic carbocycles. The normalized spacial score (nSPS) is 10.1. The quantitative estimate of drug-likeness (QED) is 0.414. The SMILES string of the molecule is O=C(NC(=S)Nc1cccc(Cl)c1)c1ccc(OCCOc2ccccc2)cc1. The Hall–Kier alpha value is -3.09. The van der Waals surface area contributed by atoms with Crippen LogP contribution in [0, 0.1) is 0 Å². The van der Waals surface area contributed by atoms with E-state index in [9.17, 15) is 4.79 Å². The molecule has 29 heavy (non-hydrogen) atoms. The zero-order valence-electron chi connectivity index (χ0n) is 15.4. The van der Waals surface area contributed by atoms with E-state index in [-0.39, 0.29) is 11.0 Å². The van der Waals surface area contributed by atoms with Gasteiger partial charge in [-0.05, 0) is 66.8 Å². The van der Waals surface area contributed by atoms with Crippen molar-refractivity contribution >= 4 is 40.5 Å². The third kappa shape index (κ3) is 6.78. The van der Waals surface area contributed by atoms with E-state index in [1.165, 1.54) is 0 Å². The van der Waals surface area contributed by atoms with E-state index in [2.05, 4.69) is 10.6 Å². The number of hydrogen-bond donors (Lipinski definition) is 2. The molecule has 1 amide bonds. The number of hydrogen-bond acceptors (Lipinski definition) is 4. The number of anilines is 1. The fourth-order valence-electron chi connectivity index (χ4n) is 2.44. The number of thiocarbonyl (C=S) groups is 1. The maximum Gasteiger partial charge on any atom is 0.257 e. The maximum atomic E-state index is 12.3. The van der Waals surface area contributed by atoms with Crippen molar-refractivity contribution < 1.29 is 14.3 Å². The van der Waals surface area contributed by atoms with Gasteiger partial charge in [-0.2, -0.15) is 0 Å². The number of amides is 1. The van der Waals surface area contributed by atoms with E-state index >= 15 is 0 Å². The summed E-state index contributed by atoms with van der Waals surface area (Å²) >= 11 is 11.1. The highest BCUT2D eigenvalue weighted by atomic mass is 35.5. The first kappa shape index (κ1) is 20.6. The van der Waals surface area contributed by atoms with Gasteiger partial charge in [-0.25, -0.2) is 0 Å². The second-order valence-electron chi connectivity index (χ2n) is 5.95. The molecule has 3 aromatic rings. The van der Waals surface area contributed by atoms with Crippen LogP contribution in [-0.4, -0.2) is 24.2 Å². The summed E-state index contributed by atoms with van der Waals surface area (Å²) in [6, 6.07) is 23.4. The summed E-state index contributed by atoms with van der Waals surface area (Å²) in [4.78, 5) is 12.3. The highest BCUT2D eigenvalue weighted by Crippen LogP contribution is 2.15. The largest absolute Gasteiger partial charge is 0.490 e. The predicted octanol–water partition coefficient (Wildman–Crippen LogP) is 4.92. The first-order chi connectivity index (χ1) is 14.1. The molecule has 0 atom stereocenters. The lowest BCUT2D eigenvalue weighted by Crippen LogP contribution is -2.34.